The fourth-order valence-electron chi connectivity index (χ4n) is 4.52. The number of nitrogens with zero attached hydrogens (tertiary/aromatic N) is 4. The van der Waals surface area contributed by atoms with Crippen molar-refractivity contribution in [2.75, 3.05) is 6.54 Å². The van der Waals surface area contributed by atoms with Crippen molar-refractivity contribution in [1.29, 1.82) is 0 Å². The molecule has 8 nitrogen and oxygen atoms in total. The standard InChI is InChI=1S/C24H18F3N5O3/c25-24(26,27)34-12-14-5-6-18-16(10-30-32(18)11-14)23(33)31-8-7-17-21(29-13-28-17)22(31)20-9-15-3-1-2-4-19(15)35-20/h1-6,9-11,13,22H,7-8,12H2,(H,28,29)/t22-/m1/s1. The van der Waals surface area contributed by atoms with Crippen molar-refractivity contribution >= 4 is 22.4 Å². The average molecular weight is 481 g/mol. The Labute approximate surface area is 195 Å². The highest BCUT2D eigenvalue weighted by Crippen LogP contribution is 2.37. The number of aromatic nitrogens is 4. The molecule has 1 atom stereocenters. The number of nitrogens with one attached hydrogen (secondary N) is 1. The molecule has 1 N–H and O–H groups in total. The van der Waals surface area contributed by atoms with Gasteiger partial charge in [-0.05, 0) is 23.8 Å². The number of hydrogen-bond acceptors (Lipinski definition) is 5. The van der Waals surface area contributed by atoms with Crippen LogP contribution in [0.4, 0.5) is 13.2 Å². The lowest BCUT2D eigenvalue weighted by Gasteiger charge is -2.33. The average Bonchev–Trinajstić information content (AvgIpc) is 3.58. The molecule has 6 rings (SSSR count). The van der Waals surface area contributed by atoms with Gasteiger partial charge in [-0.2, -0.15) is 5.10 Å². The Bertz CT molecular complexity index is 1520. The molecule has 1 aliphatic rings. The largest absolute Gasteiger partial charge is 0.522 e. The minimum Gasteiger partial charge on any atom is -0.458 e. The number of fused-ring (bicyclic) bond motifs is 3. The van der Waals surface area contributed by atoms with E-state index in [0.29, 0.717) is 41.1 Å². The van der Waals surface area contributed by atoms with Crippen LogP contribution in [0.15, 0.2) is 65.6 Å². The molecule has 178 valence electrons. The van der Waals surface area contributed by atoms with Gasteiger partial charge in [0.1, 0.15) is 17.4 Å². The lowest BCUT2D eigenvalue weighted by atomic mass is 9.99. The second-order valence-electron chi connectivity index (χ2n) is 8.26. The lowest BCUT2D eigenvalue weighted by molar-refractivity contribution is -0.330. The number of ether oxygens (including phenoxy) is 1. The number of H-pyrrole nitrogens is 1. The minimum absolute atomic E-state index is 0.274. The van der Waals surface area contributed by atoms with E-state index in [1.54, 1.807) is 17.3 Å². The van der Waals surface area contributed by atoms with E-state index in [1.165, 1.54) is 23.0 Å². The number of amides is 1. The molecule has 11 heteroatoms. The summed E-state index contributed by atoms with van der Waals surface area (Å²) < 4.78 is 48.5. The molecule has 0 unspecified atom stereocenters. The van der Waals surface area contributed by atoms with E-state index < -0.39 is 19.0 Å². The normalized spacial score (nSPS) is 16.2. The van der Waals surface area contributed by atoms with Crippen LogP contribution in [-0.2, 0) is 17.8 Å². The second kappa shape index (κ2) is 7.98. The number of halogens is 3. The highest BCUT2D eigenvalue weighted by molar-refractivity contribution is 6.01. The van der Waals surface area contributed by atoms with Gasteiger partial charge in [0.2, 0.25) is 0 Å². The van der Waals surface area contributed by atoms with E-state index in [4.69, 9.17) is 4.42 Å². The minimum atomic E-state index is -4.73. The first kappa shape index (κ1) is 21.4. The van der Waals surface area contributed by atoms with E-state index in [-0.39, 0.29) is 11.5 Å². The summed E-state index contributed by atoms with van der Waals surface area (Å²) in [7, 11) is 0. The monoisotopic (exact) mass is 481 g/mol. The number of pyridine rings is 1. The SMILES string of the molecule is O=C(c1cnn2cc(COC(F)(F)F)ccc12)N1CCc2[nH]cnc2[C@H]1c1cc2ccccc2o1. The molecule has 35 heavy (non-hydrogen) atoms. The summed E-state index contributed by atoms with van der Waals surface area (Å²) in [4.78, 5) is 23.1. The molecule has 0 fully saturated rings. The number of benzene rings is 1. The molecule has 5 heterocycles. The molecule has 1 aliphatic heterocycles. The Hall–Kier alpha value is -4.12. The summed E-state index contributed by atoms with van der Waals surface area (Å²) in [6, 6.07) is 12.0. The van der Waals surface area contributed by atoms with Gasteiger partial charge in [0, 0.05) is 30.2 Å². The zero-order valence-corrected chi connectivity index (χ0v) is 18.1. The summed E-state index contributed by atoms with van der Waals surface area (Å²) in [5.74, 6) is 0.314. The van der Waals surface area contributed by atoms with Crippen LogP contribution in [0.2, 0.25) is 0 Å². The van der Waals surface area contributed by atoms with Gasteiger partial charge in [0.25, 0.3) is 5.91 Å². The predicted molar refractivity (Wildman–Crippen MR) is 117 cm³/mol. The first-order valence-electron chi connectivity index (χ1n) is 10.9. The van der Waals surface area contributed by atoms with Crippen LogP contribution in [0.3, 0.4) is 0 Å². The first-order chi connectivity index (χ1) is 16.9. The van der Waals surface area contributed by atoms with Gasteiger partial charge in [-0.15, -0.1) is 13.2 Å². The smallest absolute Gasteiger partial charge is 0.458 e. The maximum atomic E-state index is 13.8. The van der Waals surface area contributed by atoms with Crippen molar-refractivity contribution in [3.05, 3.63) is 89.5 Å². The fraction of sp³-hybridized carbons (Fsp3) is 0.208. The van der Waals surface area contributed by atoms with Crippen molar-refractivity contribution < 1.29 is 27.1 Å². The number of carbonyl (C=O) groups is 1. The van der Waals surface area contributed by atoms with Gasteiger partial charge in [0.05, 0.1) is 35.9 Å². The number of furan rings is 1. The van der Waals surface area contributed by atoms with Gasteiger partial charge < -0.3 is 14.3 Å². The zero-order valence-electron chi connectivity index (χ0n) is 18.1. The Balaban J connectivity index is 1.36. The molecule has 5 aromatic rings. The van der Waals surface area contributed by atoms with Crippen LogP contribution < -0.4 is 0 Å². The van der Waals surface area contributed by atoms with Gasteiger partial charge in [-0.3, -0.25) is 9.53 Å². The highest BCUT2D eigenvalue weighted by atomic mass is 19.4. The summed E-state index contributed by atoms with van der Waals surface area (Å²) >= 11 is 0. The Morgan fingerprint density at radius 3 is 2.91 bits per heavy atom. The van der Waals surface area contributed by atoms with Crippen LogP contribution in [0.5, 0.6) is 0 Å². The van der Waals surface area contributed by atoms with Crippen LogP contribution >= 0.6 is 0 Å². The van der Waals surface area contributed by atoms with Crippen molar-refractivity contribution in [2.45, 2.75) is 25.4 Å². The second-order valence-corrected chi connectivity index (χ2v) is 8.26. The molecule has 4 aromatic heterocycles. The number of aromatic amines is 1. The van der Waals surface area contributed by atoms with Crippen molar-refractivity contribution in [1.82, 2.24) is 24.5 Å². The number of carbonyl (C=O) groups excluding carboxylic acids is 1. The summed E-state index contributed by atoms with van der Waals surface area (Å²) in [5, 5.41) is 5.11. The fourth-order valence-corrected chi connectivity index (χ4v) is 4.52. The highest BCUT2D eigenvalue weighted by Gasteiger charge is 2.37. The number of alkyl halides is 3. The van der Waals surface area contributed by atoms with Crippen molar-refractivity contribution in [3.63, 3.8) is 0 Å². The number of rotatable bonds is 4. The van der Waals surface area contributed by atoms with Gasteiger partial charge in [-0.25, -0.2) is 9.50 Å². The molecule has 1 amide bonds. The molecule has 0 spiro atoms. The van der Waals surface area contributed by atoms with Gasteiger partial charge in [0.15, 0.2) is 0 Å². The van der Waals surface area contributed by atoms with Crippen LogP contribution in [0.25, 0.3) is 16.5 Å². The summed E-state index contributed by atoms with van der Waals surface area (Å²) in [6.45, 7) is -0.227. The number of para-hydroxylation sites is 1. The maximum Gasteiger partial charge on any atom is 0.522 e. The molecule has 0 bridgehead atoms. The third kappa shape index (κ3) is 3.83. The van der Waals surface area contributed by atoms with E-state index in [1.807, 2.05) is 30.3 Å². The summed E-state index contributed by atoms with van der Waals surface area (Å²) in [6.07, 6.45) is 0.299. The Morgan fingerprint density at radius 1 is 1.23 bits per heavy atom. The Kier molecular flexibility index (Phi) is 4.88. The molecular formula is C24H18F3N5O3. The molecule has 0 saturated heterocycles. The quantitative estimate of drug-likeness (QED) is 0.405. The number of imidazole rings is 1. The third-order valence-corrected chi connectivity index (χ3v) is 6.11. The lowest BCUT2D eigenvalue weighted by Crippen LogP contribution is -2.40. The first-order valence-corrected chi connectivity index (χ1v) is 10.9. The van der Waals surface area contributed by atoms with Crippen molar-refractivity contribution in [2.24, 2.45) is 0 Å². The summed E-state index contributed by atoms with van der Waals surface area (Å²) in [5.41, 5.74) is 3.44. The molecule has 0 aliphatic carbocycles. The number of hydrogen-bond donors (Lipinski definition) is 1. The van der Waals surface area contributed by atoms with E-state index in [2.05, 4.69) is 19.8 Å². The molecule has 0 radical (unpaired) electrons. The van der Waals surface area contributed by atoms with Gasteiger partial charge >= 0.3 is 6.36 Å². The van der Waals surface area contributed by atoms with Gasteiger partial charge in [-0.1, -0.05) is 24.3 Å². The van der Waals surface area contributed by atoms with Crippen LogP contribution in [0.1, 0.15) is 39.1 Å². The van der Waals surface area contributed by atoms with Crippen LogP contribution in [-0.4, -0.2) is 43.3 Å². The Morgan fingerprint density at radius 2 is 2.09 bits per heavy atom. The predicted octanol–water partition coefficient (Wildman–Crippen LogP) is 4.63. The molecule has 0 saturated carbocycles. The van der Waals surface area contributed by atoms with Crippen LogP contribution in [0, 0.1) is 0 Å². The topological polar surface area (TPSA) is 88.7 Å². The van der Waals surface area contributed by atoms with E-state index >= 15 is 0 Å². The van der Waals surface area contributed by atoms with Crippen molar-refractivity contribution in [3.8, 4) is 0 Å². The van der Waals surface area contributed by atoms with E-state index in [9.17, 15) is 18.0 Å². The molecular weight excluding hydrogens is 463 g/mol. The zero-order chi connectivity index (χ0) is 24.2. The van der Waals surface area contributed by atoms with E-state index in [0.717, 1.165) is 11.1 Å². The molecule has 1 aromatic carbocycles. The third-order valence-electron chi connectivity index (χ3n) is 6.11. The maximum absolute atomic E-state index is 13.8.